The number of nitrogens with one attached hydrogen (secondary N) is 1. The second kappa shape index (κ2) is 64.7. The molecular weight excluding hydrogens is 1030 g/mol. The van der Waals surface area contributed by atoms with E-state index < -0.39 is 20.0 Å². The van der Waals surface area contributed by atoms with Crippen molar-refractivity contribution in [1.82, 2.24) is 5.32 Å². The average Bonchev–Trinajstić information content (AvgIpc) is 3.47. The van der Waals surface area contributed by atoms with E-state index in [0.717, 1.165) is 32.1 Å². The molecule has 0 radical (unpaired) electrons. The van der Waals surface area contributed by atoms with E-state index in [1.807, 2.05) is 27.2 Å². The Kier molecular flexibility index (Phi) is 64.1. The van der Waals surface area contributed by atoms with Gasteiger partial charge in [0.25, 0.3) is 0 Å². The predicted octanol–water partition coefficient (Wildman–Crippen LogP) is 23.7. The maximum atomic E-state index is 13.1. The number of quaternary nitrogens is 1. The molecule has 9 heteroatoms. The molecule has 0 aliphatic rings. The van der Waals surface area contributed by atoms with E-state index in [2.05, 4.69) is 19.2 Å². The molecule has 8 nitrogen and oxygen atoms in total. The monoisotopic (exact) mass is 1180 g/mol. The van der Waals surface area contributed by atoms with E-state index >= 15 is 0 Å². The lowest BCUT2D eigenvalue weighted by molar-refractivity contribution is -0.870. The van der Waals surface area contributed by atoms with Crippen molar-refractivity contribution in [2.24, 2.45) is 0 Å². The third-order valence-electron chi connectivity index (χ3n) is 17.5. The fourth-order valence-electron chi connectivity index (χ4n) is 11.8. The molecule has 3 atom stereocenters. The standard InChI is InChI=1S/C73H147N2O6P/c1-6-8-10-12-14-16-18-20-22-24-26-28-30-32-34-35-36-37-38-39-41-43-45-47-49-51-53-55-57-59-61-63-65-67-73(77)74-71(70-81-82(78,79)80-69-68-75(3,4)5)72(76)66-64-62-60-58-56-54-52-50-48-46-44-42-40-33-31-29-27-25-23-21-19-17-15-13-11-9-7-2/h64,66,71-72,76H,6-63,65,67-70H2,1-5H3,(H-,74,77,78,79)/p+1/b66-64+. The maximum Gasteiger partial charge on any atom is 0.472 e. The molecule has 0 fully saturated rings. The van der Waals surface area contributed by atoms with Gasteiger partial charge < -0.3 is 19.8 Å². The Hall–Kier alpha value is -0.760. The topological polar surface area (TPSA) is 105 Å². The fourth-order valence-corrected chi connectivity index (χ4v) is 12.5. The number of allylic oxidation sites excluding steroid dienone is 1. The normalized spacial score (nSPS) is 13.6. The predicted molar refractivity (Wildman–Crippen MR) is 360 cm³/mol. The van der Waals surface area contributed by atoms with Gasteiger partial charge in [-0.2, -0.15) is 0 Å². The number of phosphoric acid groups is 1. The van der Waals surface area contributed by atoms with Gasteiger partial charge in [0.1, 0.15) is 13.2 Å². The Bertz CT molecular complexity index is 1340. The number of unbranched alkanes of at least 4 members (excludes halogenated alkanes) is 57. The summed E-state index contributed by atoms with van der Waals surface area (Å²) in [7, 11) is 1.60. The molecule has 82 heavy (non-hydrogen) atoms. The summed E-state index contributed by atoms with van der Waals surface area (Å²) in [6.07, 6.45) is 83.8. The SMILES string of the molecule is CCCCCCCCCCCCCCCCCCCCCCCCCCC/C=C/C(O)C(COP(=O)(O)OCC[N+](C)(C)C)NC(=O)CCCCCCCCCCCCCCCCCCCCCCCCCCCCCCCCCCC. The quantitative estimate of drug-likeness (QED) is 0.0243. The van der Waals surface area contributed by atoms with Crippen LogP contribution < -0.4 is 5.32 Å². The van der Waals surface area contributed by atoms with E-state index in [4.69, 9.17) is 9.05 Å². The first kappa shape index (κ1) is 81.2. The van der Waals surface area contributed by atoms with Crippen LogP contribution in [0.15, 0.2) is 12.2 Å². The number of hydrogen-bond acceptors (Lipinski definition) is 5. The number of aliphatic hydroxyl groups is 1. The summed E-state index contributed by atoms with van der Waals surface area (Å²) in [5, 5.41) is 14.0. The molecule has 0 aliphatic heterocycles. The number of aliphatic hydroxyl groups excluding tert-OH is 1. The van der Waals surface area contributed by atoms with Gasteiger partial charge in [-0.25, -0.2) is 4.57 Å². The third kappa shape index (κ3) is 66.8. The van der Waals surface area contributed by atoms with Crippen molar-refractivity contribution < 1.29 is 32.9 Å². The maximum absolute atomic E-state index is 13.1. The lowest BCUT2D eigenvalue weighted by atomic mass is 10.0. The molecule has 3 N–H and O–H groups in total. The number of rotatable bonds is 70. The zero-order valence-corrected chi connectivity index (χ0v) is 57.2. The second-order valence-corrected chi connectivity index (χ2v) is 28.5. The first-order valence-corrected chi connectivity index (χ1v) is 38.6. The number of carbonyl (C=O) groups is 1. The Balaban J connectivity index is 3.98. The summed E-state index contributed by atoms with van der Waals surface area (Å²) < 4.78 is 23.9. The molecule has 3 unspecified atom stereocenters. The molecule has 0 aromatic heterocycles. The molecule has 490 valence electrons. The van der Waals surface area contributed by atoms with Crippen LogP contribution in [0.1, 0.15) is 399 Å². The highest BCUT2D eigenvalue weighted by molar-refractivity contribution is 7.47. The molecule has 0 spiro atoms. The summed E-state index contributed by atoms with van der Waals surface area (Å²) in [4.78, 5) is 23.4. The van der Waals surface area contributed by atoms with Gasteiger partial charge >= 0.3 is 7.82 Å². The molecule has 0 rings (SSSR count). The highest BCUT2D eigenvalue weighted by Crippen LogP contribution is 2.43. The summed E-state index contributed by atoms with van der Waals surface area (Å²) >= 11 is 0. The van der Waals surface area contributed by atoms with Crippen LogP contribution in [0.5, 0.6) is 0 Å². The minimum absolute atomic E-state index is 0.0656. The Labute approximate surface area is 513 Å². The van der Waals surface area contributed by atoms with Crippen molar-refractivity contribution in [1.29, 1.82) is 0 Å². The first-order valence-electron chi connectivity index (χ1n) is 37.1. The van der Waals surface area contributed by atoms with Crippen LogP contribution in [-0.2, 0) is 18.4 Å². The molecule has 0 aromatic carbocycles. The van der Waals surface area contributed by atoms with E-state index in [9.17, 15) is 19.4 Å². The van der Waals surface area contributed by atoms with E-state index in [0.29, 0.717) is 17.4 Å². The summed E-state index contributed by atoms with van der Waals surface area (Å²) in [6.45, 7) is 4.89. The van der Waals surface area contributed by atoms with Gasteiger partial charge in [0.15, 0.2) is 0 Å². The van der Waals surface area contributed by atoms with Crippen molar-refractivity contribution in [3.8, 4) is 0 Å². The molecule has 0 aromatic rings. The van der Waals surface area contributed by atoms with Crippen LogP contribution in [0, 0.1) is 0 Å². The van der Waals surface area contributed by atoms with Crippen molar-refractivity contribution >= 4 is 13.7 Å². The van der Waals surface area contributed by atoms with Gasteiger partial charge in [-0.15, -0.1) is 0 Å². The van der Waals surface area contributed by atoms with Crippen LogP contribution >= 0.6 is 7.82 Å². The lowest BCUT2D eigenvalue weighted by Gasteiger charge is -2.25. The fraction of sp³-hybridized carbons (Fsp3) is 0.959. The van der Waals surface area contributed by atoms with Crippen LogP contribution in [0.2, 0.25) is 0 Å². The number of hydrogen-bond donors (Lipinski definition) is 3. The van der Waals surface area contributed by atoms with Crippen molar-refractivity contribution in [3.63, 3.8) is 0 Å². The minimum atomic E-state index is -4.35. The van der Waals surface area contributed by atoms with Gasteiger partial charge in [0.2, 0.25) is 5.91 Å². The van der Waals surface area contributed by atoms with Gasteiger partial charge in [0, 0.05) is 6.42 Å². The number of nitrogens with zero attached hydrogens (tertiary/aromatic N) is 1. The number of likely N-dealkylation sites (N-methyl/N-ethyl adjacent to an activating group) is 1. The number of phosphoric ester groups is 1. The highest BCUT2D eigenvalue weighted by Gasteiger charge is 2.28. The third-order valence-corrected chi connectivity index (χ3v) is 18.5. The Morgan fingerprint density at radius 3 is 0.902 bits per heavy atom. The highest BCUT2D eigenvalue weighted by atomic mass is 31.2. The van der Waals surface area contributed by atoms with Crippen molar-refractivity contribution in [3.05, 3.63) is 12.2 Å². The summed E-state index contributed by atoms with van der Waals surface area (Å²) in [5.74, 6) is -0.166. The molecule has 0 bridgehead atoms. The Morgan fingerprint density at radius 2 is 0.646 bits per heavy atom. The van der Waals surface area contributed by atoms with Crippen LogP contribution in [0.25, 0.3) is 0 Å². The molecule has 0 saturated heterocycles. The number of carbonyl (C=O) groups excluding carboxylic acids is 1. The molecule has 1 amide bonds. The molecule has 0 aliphatic carbocycles. The van der Waals surface area contributed by atoms with E-state index in [-0.39, 0.29) is 19.1 Å². The summed E-state index contributed by atoms with van der Waals surface area (Å²) in [5.41, 5.74) is 0. The number of amides is 1. The van der Waals surface area contributed by atoms with E-state index in [1.165, 1.54) is 347 Å². The van der Waals surface area contributed by atoms with Crippen molar-refractivity contribution in [2.75, 3.05) is 40.9 Å². The van der Waals surface area contributed by atoms with Crippen LogP contribution in [0.4, 0.5) is 0 Å². The smallest absolute Gasteiger partial charge is 0.387 e. The second-order valence-electron chi connectivity index (χ2n) is 27.0. The summed E-state index contributed by atoms with van der Waals surface area (Å²) in [6, 6.07) is -0.844. The van der Waals surface area contributed by atoms with E-state index in [1.54, 1.807) is 6.08 Å². The van der Waals surface area contributed by atoms with Gasteiger partial charge in [-0.05, 0) is 19.3 Å². The van der Waals surface area contributed by atoms with Crippen molar-refractivity contribution in [2.45, 2.75) is 411 Å². The lowest BCUT2D eigenvalue weighted by Crippen LogP contribution is -2.45. The first-order chi connectivity index (χ1) is 40.0. The molecule has 0 saturated carbocycles. The largest absolute Gasteiger partial charge is 0.472 e. The zero-order chi connectivity index (χ0) is 59.8. The minimum Gasteiger partial charge on any atom is -0.387 e. The molecule has 0 heterocycles. The van der Waals surface area contributed by atoms with Gasteiger partial charge in [-0.1, -0.05) is 386 Å². The van der Waals surface area contributed by atoms with Crippen LogP contribution in [0.3, 0.4) is 0 Å². The zero-order valence-electron chi connectivity index (χ0n) is 56.3. The molecular formula is C73H148N2O6P+. The van der Waals surface area contributed by atoms with Gasteiger partial charge in [0.05, 0.1) is 39.9 Å². The average molecular weight is 1180 g/mol. The van der Waals surface area contributed by atoms with Gasteiger partial charge in [-0.3, -0.25) is 13.8 Å². The van der Waals surface area contributed by atoms with Crippen LogP contribution in [-0.4, -0.2) is 73.4 Å². The Morgan fingerprint density at radius 1 is 0.402 bits per heavy atom.